The lowest BCUT2D eigenvalue weighted by atomic mass is 10.1. The van der Waals surface area contributed by atoms with Gasteiger partial charge in [-0.2, -0.15) is 4.98 Å². The Bertz CT molecular complexity index is 407. The van der Waals surface area contributed by atoms with Crippen LogP contribution in [0, 0.1) is 5.92 Å². The molecule has 0 aromatic carbocycles. The number of hydrogen-bond donors (Lipinski definition) is 1. The van der Waals surface area contributed by atoms with E-state index in [2.05, 4.69) is 29.0 Å². The third-order valence-corrected chi connectivity index (χ3v) is 3.87. The lowest BCUT2D eigenvalue weighted by Crippen LogP contribution is -2.28. The second-order valence-corrected chi connectivity index (χ2v) is 6.38. The van der Waals surface area contributed by atoms with Gasteiger partial charge < -0.3 is 14.6 Å². The topological polar surface area (TPSA) is 41.3 Å². The van der Waals surface area contributed by atoms with E-state index in [1.165, 1.54) is 32.1 Å². The third-order valence-electron chi connectivity index (χ3n) is 3.87. The van der Waals surface area contributed by atoms with Crippen molar-refractivity contribution in [3.8, 4) is 0 Å². The molecule has 2 aliphatic rings. The number of hydrogen-bond acceptors (Lipinski definition) is 4. The Morgan fingerprint density at radius 1 is 1.37 bits per heavy atom. The largest absolute Gasteiger partial charge is 0.432 e. The number of nitrogens with zero attached hydrogens (tertiary/aromatic N) is 2. The van der Waals surface area contributed by atoms with Crippen LogP contribution in [0.1, 0.15) is 51.6 Å². The van der Waals surface area contributed by atoms with E-state index < -0.39 is 0 Å². The summed E-state index contributed by atoms with van der Waals surface area (Å²) in [6, 6.07) is 2.22. The highest BCUT2D eigenvalue weighted by molar-refractivity contribution is 5.31. The minimum Gasteiger partial charge on any atom is -0.432 e. The number of rotatable bonds is 8. The van der Waals surface area contributed by atoms with Gasteiger partial charge in [-0.1, -0.05) is 13.8 Å². The van der Waals surface area contributed by atoms with Crippen molar-refractivity contribution in [2.45, 2.75) is 64.6 Å². The summed E-state index contributed by atoms with van der Waals surface area (Å²) >= 11 is 0. The molecule has 3 rings (SSSR count). The zero-order valence-electron chi connectivity index (χ0n) is 12.1. The van der Waals surface area contributed by atoms with Crippen molar-refractivity contribution >= 4 is 6.01 Å². The first-order chi connectivity index (χ1) is 9.22. The smallest absolute Gasteiger partial charge is 0.297 e. The Hall–Kier alpha value is -1.03. The normalized spacial score (nSPS) is 19.1. The maximum absolute atomic E-state index is 5.69. The maximum atomic E-state index is 5.69. The van der Waals surface area contributed by atoms with Gasteiger partial charge in [0.05, 0.1) is 5.69 Å². The standard InChI is InChI=1S/C15H25N3O/c1-11(2)7-8-18(14-5-6-14)15-17-13(10-19-15)9-16-12-3-4-12/h10-12,14,16H,3-9H2,1-2H3. The van der Waals surface area contributed by atoms with Gasteiger partial charge in [-0.05, 0) is 38.0 Å². The van der Waals surface area contributed by atoms with Gasteiger partial charge in [-0.25, -0.2) is 0 Å². The van der Waals surface area contributed by atoms with Gasteiger partial charge in [0.2, 0.25) is 0 Å². The fourth-order valence-electron chi connectivity index (χ4n) is 2.26. The lowest BCUT2D eigenvalue weighted by molar-refractivity contribution is 0.503. The summed E-state index contributed by atoms with van der Waals surface area (Å²) in [4.78, 5) is 7.01. The average molecular weight is 263 g/mol. The molecule has 0 aliphatic heterocycles. The van der Waals surface area contributed by atoms with Gasteiger partial charge in [0.25, 0.3) is 6.01 Å². The SMILES string of the molecule is CC(C)CCN(c1nc(CNC2CC2)co1)C1CC1. The average Bonchev–Trinajstić information content (AvgIpc) is 3.28. The van der Waals surface area contributed by atoms with Crippen LogP contribution in [0.2, 0.25) is 0 Å². The summed E-state index contributed by atoms with van der Waals surface area (Å²) in [5, 5.41) is 3.48. The highest BCUT2D eigenvalue weighted by atomic mass is 16.4. The monoisotopic (exact) mass is 263 g/mol. The van der Waals surface area contributed by atoms with Gasteiger partial charge in [0.1, 0.15) is 6.26 Å². The molecule has 0 radical (unpaired) electrons. The lowest BCUT2D eigenvalue weighted by Gasteiger charge is -2.20. The summed E-state index contributed by atoms with van der Waals surface area (Å²) in [6.45, 7) is 6.45. The molecule has 0 unspecified atom stereocenters. The Balaban J connectivity index is 1.57. The molecule has 1 N–H and O–H groups in total. The van der Waals surface area contributed by atoms with E-state index in [0.29, 0.717) is 6.04 Å². The van der Waals surface area contributed by atoms with Crippen LogP contribution in [0.5, 0.6) is 0 Å². The Morgan fingerprint density at radius 3 is 2.79 bits per heavy atom. The molecular weight excluding hydrogens is 238 g/mol. The Morgan fingerprint density at radius 2 is 2.16 bits per heavy atom. The van der Waals surface area contributed by atoms with Crippen LogP contribution in [-0.4, -0.2) is 23.6 Å². The molecule has 106 valence electrons. The Labute approximate surface area is 115 Å². The maximum Gasteiger partial charge on any atom is 0.297 e. The molecule has 1 heterocycles. The highest BCUT2D eigenvalue weighted by Gasteiger charge is 2.32. The van der Waals surface area contributed by atoms with Gasteiger partial charge in [0.15, 0.2) is 0 Å². The quantitative estimate of drug-likeness (QED) is 0.783. The van der Waals surface area contributed by atoms with Crippen molar-refractivity contribution in [3.05, 3.63) is 12.0 Å². The number of aromatic nitrogens is 1. The molecule has 4 heteroatoms. The van der Waals surface area contributed by atoms with Crippen LogP contribution in [-0.2, 0) is 6.54 Å². The van der Waals surface area contributed by atoms with Crippen molar-refractivity contribution in [1.29, 1.82) is 0 Å². The molecule has 2 fully saturated rings. The zero-order valence-corrected chi connectivity index (χ0v) is 12.1. The third kappa shape index (κ3) is 3.72. The summed E-state index contributed by atoms with van der Waals surface area (Å²) in [7, 11) is 0. The number of anilines is 1. The molecule has 19 heavy (non-hydrogen) atoms. The molecule has 2 saturated carbocycles. The van der Waals surface area contributed by atoms with Crippen LogP contribution in [0.25, 0.3) is 0 Å². The van der Waals surface area contributed by atoms with E-state index in [1.54, 1.807) is 0 Å². The van der Waals surface area contributed by atoms with Crippen LogP contribution >= 0.6 is 0 Å². The molecular formula is C15H25N3O. The molecule has 2 aliphatic carbocycles. The summed E-state index contributed by atoms with van der Waals surface area (Å²) in [6.07, 6.45) is 8.22. The molecule has 0 bridgehead atoms. The molecule has 1 aromatic rings. The number of oxazole rings is 1. The van der Waals surface area contributed by atoms with E-state index in [9.17, 15) is 0 Å². The van der Waals surface area contributed by atoms with Crippen molar-refractivity contribution < 1.29 is 4.42 Å². The van der Waals surface area contributed by atoms with Crippen molar-refractivity contribution in [3.63, 3.8) is 0 Å². The predicted molar refractivity (Wildman–Crippen MR) is 76.2 cm³/mol. The van der Waals surface area contributed by atoms with Crippen LogP contribution in [0.4, 0.5) is 6.01 Å². The van der Waals surface area contributed by atoms with E-state index in [-0.39, 0.29) is 0 Å². The first-order valence-corrected chi connectivity index (χ1v) is 7.67. The van der Waals surface area contributed by atoms with E-state index in [0.717, 1.165) is 36.8 Å². The molecule has 0 atom stereocenters. The molecule has 0 amide bonds. The zero-order chi connectivity index (χ0) is 13.2. The number of nitrogens with one attached hydrogen (secondary N) is 1. The Kier molecular flexibility index (Phi) is 3.78. The van der Waals surface area contributed by atoms with Crippen LogP contribution in [0.3, 0.4) is 0 Å². The minimum atomic E-state index is 0.668. The van der Waals surface area contributed by atoms with E-state index in [4.69, 9.17) is 4.42 Å². The van der Waals surface area contributed by atoms with E-state index >= 15 is 0 Å². The summed E-state index contributed by atoms with van der Waals surface area (Å²) in [5.74, 6) is 0.729. The summed E-state index contributed by atoms with van der Waals surface area (Å²) in [5.41, 5.74) is 1.04. The van der Waals surface area contributed by atoms with Gasteiger partial charge in [-0.15, -0.1) is 0 Å². The van der Waals surface area contributed by atoms with Crippen molar-refractivity contribution in [2.24, 2.45) is 5.92 Å². The van der Waals surface area contributed by atoms with Crippen molar-refractivity contribution in [2.75, 3.05) is 11.4 Å². The first-order valence-electron chi connectivity index (χ1n) is 7.67. The van der Waals surface area contributed by atoms with E-state index in [1.807, 2.05) is 6.26 Å². The first kappa shape index (κ1) is 13.0. The van der Waals surface area contributed by atoms with Gasteiger partial charge in [-0.3, -0.25) is 0 Å². The van der Waals surface area contributed by atoms with Crippen LogP contribution < -0.4 is 10.2 Å². The minimum absolute atomic E-state index is 0.668. The fourth-order valence-corrected chi connectivity index (χ4v) is 2.26. The second-order valence-electron chi connectivity index (χ2n) is 6.38. The second kappa shape index (κ2) is 5.53. The van der Waals surface area contributed by atoms with Crippen molar-refractivity contribution in [1.82, 2.24) is 10.3 Å². The summed E-state index contributed by atoms with van der Waals surface area (Å²) < 4.78 is 5.69. The molecule has 0 saturated heterocycles. The molecule has 0 spiro atoms. The van der Waals surface area contributed by atoms with Gasteiger partial charge in [0, 0.05) is 25.2 Å². The van der Waals surface area contributed by atoms with Crippen LogP contribution in [0.15, 0.2) is 10.7 Å². The molecule has 1 aromatic heterocycles. The van der Waals surface area contributed by atoms with Gasteiger partial charge >= 0.3 is 0 Å². The molecule has 4 nitrogen and oxygen atoms in total. The predicted octanol–water partition coefficient (Wildman–Crippen LogP) is 2.94. The fraction of sp³-hybridized carbons (Fsp3) is 0.800. The highest BCUT2D eigenvalue weighted by Crippen LogP contribution is 2.31.